The first-order chi connectivity index (χ1) is 18.8. The van der Waals surface area contributed by atoms with Crippen molar-refractivity contribution in [1.29, 1.82) is 0 Å². The summed E-state index contributed by atoms with van der Waals surface area (Å²) in [6.07, 6.45) is -7.97. The van der Waals surface area contributed by atoms with Gasteiger partial charge >= 0.3 is 18.3 Å². The summed E-state index contributed by atoms with van der Waals surface area (Å²) < 4.78 is 90.2. The van der Waals surface area contributed by atoms with Gasteiger partial charge in [-0.05, 0) is 48.7 Å². The maximum atomic E-state index is 14.2. The zero-order chi connectivity index (χ0) is 29.1. The minimum Gasteiger partial charge on any atom is -0.481 e. The van der Waals surface area contributed by atoms with Crippen molar-refractivity contribution in [3.8, 4) is 0 Å². The molecule has 2 aromatic rings. The standard InChI is InChI=1S/C27H26F6N2O4S/c28-26(29,30)23-17(7-9-22(36)34-11-13-39-14-12-34)6-8-21(24(23)27(31,32)33)40-20-5-1-4-19(15-20)35-10-2-3-18(16-35)25(37)38/h1,4-9,15,18H,2-3,10-14,16H2,(H,37,38)/t18-/m0/s1. The highest BCUT2D eigenvalue weighted by atomic mass is 32.2. The van der Waals surface area contributed by atoms with Crippen LogP contribution in [0.25, 0.3) is 6.08 Å². The van der Waals surface area contributed by atoms with Crippen LogP contribution in [-0.4, -0.2) is 61.3 Å². The third kappa shape index (κ3) is 7.11. The molecular formula is C27H26F6N2O4S. The smallest absolute Gasteiger partial charge is 0.418 e. The number of benzene rings is 2. The zero-order valence-corrected chi connectivity index (χ0v) is 21.9. The van der Waals surface area contributed by atoms with Crippen molar-refractivity contribution in [3.05, 3.63) is 59.2 Å². The van der Waals surface area contributed by atoms with E-state index in [1.54, 1.807) is 17.0 Å². The molecule has 2 fully saturated rings. The van der Waals surface area contributed by atoms with Crippen molar-refractivity contribution in [2.45, 2.75) is 35.0 Å². The lowest BCUT2D eigenvalue weighted by atomic mass is 9.98. The highest BCUT2D eigenvalue weighted by Crippen LogP contribution is 2.48. The molecule has 13 heteroatoms. The van der Waals surface area contributed by atoms with Crippen LogP contribution in [0.2, 0.25) is 0 Å². The number of morpholine rings is 1. The maximum Gasteiger partial charge on any atom is 0.418 e. The van der Waals surface area contributed by atoms with E-state index >= 15 is 0 Å². The Hall–Kier alpha value is -3.19. The van der Waals surface area contributed by atoms with Gasteiger partial charge in [-0.3, -0.25) is 9.59 Å². The van der Waals surface area contributed by atoms with E-state index in [2.05, 4.69) is 0 Å². The van der Waals surface area contributed by atoms with Crippen molar-refractivity contribution in [2.75, 3.05) is 44.3 Å². The minimum absolute atomic E-state index is 0.222. The first-order valence-electron chi connectivity index (χ1n) is 12.5. The van der Waals surface area contributed by atoms with Crippen molar-refractivity contribution >= 4 is 35.4 Å². The Labute approximate surface area is 230 Å². The number of carboxylic acid groups (broad SMARTS) is 1. The molecule has 2 aliphatic heterocycles. The third-order valence-electron chi connectivity index (χ3n) is 6.68. The van der Waals surface area contributed by atoms with E-state index in [0.29, 0.717) is 36.8 Å². The summed E-state index contributed by atoms with van der Waals surface area (Å²) in [6.45, 7) is 1.75. The number of ether oxygens (including phenoxy) is 1. The Balaban J connectivity index is 1.68. The molecule has 0 aromatic heterocycles. The first-order valence-corrected chi connectivity index (χ1v) is 13.3. The lowest BCUT2D eigenvalue weighted by molar-refractivity contribution is -0.163. The van der Waals surface area contributed by atoms with Gasteiger partial charge in [-0.25, -0.2) is 0 Å². The quantitative estimate of drug-likeness (QED) is 0.328. The van der Waals surface area contributed by atoms with Crippen LogP contribution in [-0.2, 0) is 26.7 Å². The molecule has 0 radical (unpaired) electrons. The molecule has 216 valence electrons. The maximum absolute atomic E-state index is 14.2. The van der Waals surface area contributed by atoms with E-state index in [1.165, 1.54) is 17.0 Å². The SMILES string of the molecule is O=C(O)[C@H]1CCCN(c2cccc(Sc3ccc(C=CC(=O)N4CCOCC4)c(C(F)(F)F)c3C(F)(F)F)c2)C1. The second kappa shape index (κ2) is 12.1. The molecule has 4 rings (SSSR count). The Morgan fingerprint density at radius 1 is 0.975 bits per heavy atom. The second-order valence-electron chi connectivity index (χ2n) is 9.39. The molecule has 2 heterocycles. The highest BCUT2D eigenvalue weighted by molar-refractivity contribution is 7.99. The number of alkyl halides is 6. The van der Waals surface area contributed by atoms with Crippen LogP contribution in [0.4, 0.5) is 32.0 Å². The summed E-state index contributed by atoms with van der Waals surface area (Å²) in [5.41, 5.74) is -3.90. The number of hydrogen-bond acceptors (Lipinski definition) is 5. The highest BCUT2D eigenvalue weighted by Gasteiger charge is 2.46. The van der Waals surface area contributed by atoms with Crippen LogP contribution in [0.1, 0.15) is 29.5 Å². The lowest BCUT2D eigenvalue weighted by Crippen LogP contribution is -2.39. The molecule has 2 aliphatic rings. The fourth-order valence-electron chi connectivity index (χ4n) is 4.74. The van der Waals surface area contributed by atoms with Crippen LogP contribution < -0.4 is 4.90 Å². The number of rotatable bonds is 6. The average Bonchev–Trinajstić information content (AvgIpc) is 2.91. The minimum atomic E-state index is -5.36. The number of carbonyl (C=O) groups excluding carboxylic acids is 1. The van der Waals surface area contributed by atoms with Crippen LogP contribution in [0, 0.1) is 5.92 Å². The molecule has 0 bridgehead atoms. The lowest BCUT2D eigenvalue weighted by Gasteiger charge is -2.32. The molecule has 0 saturated carbocycles. The van der Waals surface area contributed by atoms with Gasteiger partial charge in [0.05, 0.1) is 30.3 Å². The van der Waals surface area contributed by atoms with E-state index in [1.807, 2.05) is 0 Å². The van der Waals surface area contributed by atoms with Gasteiger partial charge in [0.15, 0.2) is 0 Å². The molecule has 0 spiro atoms. The van der Waals surface area contributed by atoms with Gasteiger partial charge in [-0.1, -0.05) is 23.9 Å². The molecule has 1 amide bonds. The predicted octanol–water partition coefficient (Wildman–Crippen LogP) is 6.05. The monoisotopic (exact) mass is 588 g/mol. The number of carboxylic acids is 1. The van der Waals surface area contributed by atoms with E-state index in [0.717, 1.165) is 24.3 Å². The Kier molecular flexibility index (Phi) is 9.03. The fraction of sp³-hybridized carbons (Fsp3) is 0.407. The Morgan fingerprint density at radius 3 is 2.33 bits per heavy atom. The van der Waals surface area contributed by atoms with Gasteiger partial charge in [-0.15, -0.1) is 0 Å². The molecule has 2 aromatic carbocycles. The van der Waals surface area contributed by atoms with Crippen molar-refractivity contribution < 1.29 is 45.8 Å². The van der Waals surface area contributed by atoms with Crippen molar-refractivity contribution in [1.82, 2.24) is 4.90 Å². The van der Waals surface area contributed by atoms with Crippen LogP contribution in [0.3, 0.4) is 0 Å². The summed E-state index contributed by atoms with van der Waals surface area (Å²) >= 11 is 0.536. The van der Waals surface area contributed by atoms with Gasteiger partial charge < -0.3 is 19.6 Å². The molecule has 2 saturated heterocycles. The molecule has 0 aliphatic carbocycles. The van der Waals surface area contributed by atoms with Crippen LogP contribution in [0.15, 0.2) is 52.3 Å². The Bertz CT molecular complexity index is 1270. The summed E-state index contributed by atoms with van der Waals surface area (Å²) in [7, 11) is 0. The molecule has 1 atom stereocenters. The normalized spacial score (nSPS) is 18.8. The number of aliphatic carboxylic acids is 1. The molecule has 0 unspecified atom stereocenters. The number of hydrogen-bond donors (Lipinski definition) is 1. The van der Waals surface area contributed by atoms with Crippen molar-refractivity contribution in [3.63, 3.8) is 0 Å². The summed E-state index contributed by atoms with van der Waals surface area (Å²) in [5.74, 6) is -2.15. The number of nitrogens with zero attached hydrogens (tertiary/aromatic N) is 2. The largest absolute Gasteiger partial charge is 0.481 e. The summed E-state index contributed by atoms with van der Waals surface area (Å²) in [5, 5.41) is 9.35. The third-order valence-corrected chi connectivity index (χ3v) is 7.73. The van der Waals surface area contributed by atoms with E-state index < -0.39 is 51.7 Å². The second-order valence-corrected chi connectivity index (χ2v) is 10.5. The molecule has 40 heavy (non-hydrogen) atoms. The average molecular weight is 589 g/mol. The van der Waals surface area contributed by atoms with Crippen LogP contribution in [0.5, 0.6) is 0 Å². The molecular weight excluding hydrogens is 562 g/mol. The zero-order valence-electron chi connectivity index (χ0n) is 21.1. The predicted molar refractivity (Wildman–Crippen MR) is 136 cm³/mol. The summed E-state index contributed by atoms with van der Waals surface area (Å²) in [4.78, 5) is 26.6. The van der Waals surface area contributed by atoms with E-state index in [-0.39, 0.29) is 37.7 Å². The number of amides is 1. The number of carbonyl (C=O) groups is 2. The van der Waals surface area contributed by atoms with Crippen molar-refractivity contribution in [2.24, 2.45) is 5.92 Å². The van der Waals surface area contributed by atoms with E-state index in [4.69, 9.17) is 4.74 Å². The van der Waals surface area contributed by atoms with Crippen LogP contribution >= 0.6 is 11.8 Å². The molecule has 1 N–H and O–H groups in total. The van der Waals surface area contributed by atoms with Gasteiger partial charge in [0.1, 0.15) is 0 Å². The van der Waals surface area contributed by atoms with Gasteiger partial charge in [0, 0.05) is 47.7 Å². The first kappa shape index (κ1) is 29.8. The Morgan fingerprint density at radius 2 is 1.68 bits per heavy atom. The van der Waals surface area contributed by atoms with E-state index in [9.17, 15) is 41.0 Å². The number of anilines is 1. The van der Waals surface area contributed by atoms with Gasteiger partial charge in [-0.2, -0.15) is 26.3 Å². The number of piperidine rings is 1. The summed E-state index contributed by atoms with van der Waals surface area (Å²) in [6, 6.07) is 8.16. The fourth-order valence-corrected chi connectivity index (χ4v) is 5.78. The molecule has 6 nitrogen and oxygen atoms in total. The topological polar surface area (TPSA) is 70.1 Å². The number of halogens is 6. The van der Waals surface area contributed by atoms with Gasteiger partial charge in [0.2, 0.25) is 5.91 Å². The van der Waals surface area contributed by atoms with Gasteiger partial charge in [0.25, 0.3) is 0 Å².